The van der Waals surface area contributed by atoms with Crippen LogP contribution in [0.5, 0.6) is 0 Å². The quantitative estimate of drug-likeness (QED) is 0.797. The molecule has 2 aliphatic heterocycles. The standard InChI is InChI=1S/C17H20F3NO/c1-21-12-3-2-4-13(21)8-11(7-12)15(22)9-10-5-6-14(18)17(20)16(10)19/h5-6,11-13H,2-4,7-9H2,1H3. The maximum Gasteiger partial charge on any atom is 0.194 e. The summed E-state index contributed by atoms with van der Waals surface area (Å²) >= 11 is 0. The van der Waals surface area contributed by atoms with E-state index < -0.39 is 17.5 Å². The zero-order chi connectivity index (χ0) is 15.9. The van der Waals surface area contributed by atoms with Crippen LogP contribution in [0.4, 0.5) is 13.2 Å². The second-order valence-electron chi connectivity index (χ2n) is 6.55. The third-order valence-electron chi connectivity index (χ3n) is 5.28. The number of rotatable bonds is 3. The highest BCUT2D eigenvalue weighted by Gasteiger charge is 2.38. The van der Waals surface area contributed by atoms with E-state index in [-0.39, 0.29) is 23.7 Å². The fourth-order valence-corrected chi connectivity index (χ4v) is 3.91. The lowest BCUT2D eigenvalue weighted by molar-refractivity contribution is -0.126. The highest BCUT2D eigenvalue weighted by atomic mass is 19.2. The number of nitrogens with zero attached hydrogens (tertiary/aromatic N) is 1. The van der Waals surface area contributed by atoms with Gasteiger partial charge in [-0.1, -0.05) is 12.5 Å². The summed E-state index contributed by atoms with van der Waals surface area (Å²) in [7, 11) is 2.10. The maximum atomic E-state index is 13.7. The summed E-state index contributed by atoms with van der Waals surface area (Å²) in [5.74, 6) is -4.11. The van der Waals surface area contributed by atoms with Gasteiger partial charge < -0.3 is 4.90 Å². The third kappa shape index (κ3) is 2.78. The first kappa shape index (κ1) is 15.5. The minimum Gasteiger partial charge on any atom is -0.300 e. The molecule has 0 amide bonds. The summed E-state index contributed by atoms with van der Waals surface area (Å²) in [5, 5.41) is 0. The lowest BCUT2D eigenvalue weighted by Gasteiger charge is -2.46. The Labute approximate surface area is 128 Å². The Kier molecular flexibility index (Phi) is 4.26. The molecule has 2 unspecified atom stereocenters. The van der Waals surface area contributed by atoms with Crippen LogP contribution in [0.2, 0.25) is 0 Å². The predicted octanol–water partition coefficient (Wildman–Crippen LogP) is 3.48. The number of hydrogen-bond donors (Lipinski definition) is 0. The predicted molar refractivity (Wildman–Crippen MR) is 76.9 cm³/mol. The molecule has 0 spiro atoms. The zero-order valence-electron chi connectivity index (χ0n) is 12.6. The first-order valence-electron chi connectivity index (χ1n) is 7.84. The summed E-state index contributed by atoms with van der Waals surface area (Å²) in [6.07, 6.45) is 4.80. The molecule has 0 radical (unpaired) electrons. The summed E-state index contributed by atoms with van der Waals surface area (Å²) in [5.41, 5.74) is -0.0482. The van der Waals surface area contributed by atoms with Gasteiger partial charge in [0.25, 0.3) is 0 Å². The monoisotopic (exact) mass is 311 g/mol. The van der Waals surface area contributed by atoms with E-state index in [1.807, 2.05) is 0 Å². The Morgan fingerprint density at radius 1 is 1.14 bits per heavy atom. The van der Waals surface area contributed by atoms with E-state index in [1.165, 1.54) is 12.5 Å². The molecular formula is C17H20F3NO. The van der Waals surface area contributed by atoms with E-state index in [2.05, 4.69) is 11.9 Å². The SMILES string of the molecule is CN1C2CCCC1CC(C(=O)Cc1ccc(F)c(F)c1F)C2. The second-order valence-corrected chi connectivity index (χ2v) is 6.55. The highest BCUT2D eigenvalue weighted by molar-refractivity contribution is 5.83. The van der Waals surface area contributed by atoms with Crippen molar-refractivity contribution in [3.63, 3.8) is 0 Å². The first-order valence-corrected chi connectivity index (χ1v) is 7.84. The van der Waals surface area contributed by atoms with Crippen molar-refractivity contribution in [1.82, 2.24) is 4.90 Å². The Hall–Kier alpha value is -1.36. The second kappa shape index (κ2) is 6.03. The molecule has 5 heteroatoms. The van der Waals surface area contributed by atoms with Crippen LogP contribution in [0.3, 0.4) is 0 Å². The molecule has 2 bridgehead atoms. The van der Waals surface area contributed by atoms with Crippen molar-refractivity contribution < 1.29 is 18.0 Å². The fourth-order valence-electron chi connectivity index (χ4n) is 3.91. The van der Waals surface area contributed by atoms with E-state index in [1.54, 1.807) is 0 Å². The molecule has 2 nitrogen and oxygen atoms in total. The molecule has 2 aliphatic rings. The number of Topliss-reactive ketones (excluding diaryl/α,β-unsaturated/α-hetero) is 1. The van der Waals surface area contributed by atoms with Crippen LogP contribution in [-0.4, -0.2) is 29.8 Å². The Balaban J connectivity index is 1.72. The van der Waals surface area contributed by atoms with Crippen molar-refractivity contribution in [2.45, 2.75) is 50.6 Å². The van der Waals surface area contributed by atoms with Crippen LogP contribution < -0.4 is 0 Å². The van der Waals surface area contributed by atoms with Gasteiger partial charge in [-0.15, -0.1) is 0 Å². The summed E-state index contributed by atoms with van der Waals surface area (Å²) < 4.78 is 39.9. The molecule has 2 saturated heterocycles. The topological polar surface area (TPSA) is 20.3 Å². The van der Waals surface area contributed by atoms with Gasteiger partial charge in [-0.2, -0.15) is 0 Å². The van der Waals surface area contributed by atoms with Crippen molar-refractivity contribution in [2.75, 3.05) is 7.05 Å². The van der Waals surface area contributed by atoms with Crippen LogP contribution in [0, 0.1) is 23.4 Å². The molecule has 120 valence electrons. The average molecular weight is 311 g/mol. The Morgan fingerprint density at radius 3 is 2.41 bits per heavy atom. The Morgan fingerprint density at radius 2 is 1.77 bits per heavy atom. The number of hydrogen-bond acceptors (Lipinski definition) is 2. The fraction of sp³-hybridized carbons (Fsp3) is 0.588. The van der Waals surface area contributed by atoms with Gasteiger partial charge in [-0.25, -0.2) is 13.2 Å². The van der Waals surface area contributed by atoms with Gasteiger partial charge in [0.15, 0.2) is 17.5 Å². The van der Waals surface area contributed by atoms with E-state index >= 15 is 0 Å². The zero-order valence-corrected chi connectivity index (χ0v) is 12.6. The van der Waals surface area contributed by atoms with Crippen LogP contribution in [0.15, 0.2) is 12.1 Å². The molecule has 1 aromatic rings. The summed E-state index contributed by atoms with van der Waals surface area (Å²) in [6.45, 7) is 0. The molecular weight excluding hydrogens is 291 g/mol. The molecule has 0 saturated carbocycles. The van der Waals surface area contributed by atoms with Crippen LogP contribution in [0.25, 0.3) is 0 Å². The minimum absolute atomic E-state index is 0.0482. The lowest BCUT2D eigenvalue weighted by atomic mass is 9.76. The number of ketones is 1. The third-order valence-corrected chi connectivity index (χ3v) is 5.28. The van der Waals surface area contributed by atoms with Crippen LogP contribution in [0.1, 0.15) is 37.7 Å². The number of carbonyl (C=O) groups is 1. The molecule has 2 fully saturated rings. The van der Waals surface area contributed by atoms with Gasteiger partial charge in [-0.3, -0.25) is 4.79 Å². The van der Waals surface area contributed by atoms with Crippen LogP contribution in [-0.2, 0) is 11.2 Å². The van der Waals surface area contributed by atoms with Gasteiger partial charge >= 0.3 is 0 Å². The number of halogens is 3. The van der Waals surface area contributed by atoms with Crippen molar-refractivity contribution >= 4 is 5.78 Å². The first-order chi connectivity index (χ1) is 10.5. The molecule has 2 atom stereocenters. The van der Waals surface area contributed by atoms with Gasteiger partial charge in [0.1, 0.15) is 5.78 Å². The van der Waals surface area contributed by atoms with E-state index in [4.69, 9.17) is 0 Å². The molecule has 22 heavy (non-hydrogen) atoms. The molecule has 1 aromatic carbocycles. The van der Waals surface area contributed by atoms with Crippen molar-refractivity contribution in [2.24, 2.45) is 5.92 Å². The van der Waals surface area contributed by atoms with E-state index in [0.717, 1.165) is 31.7 Å². The summed E-state index contributed by atoms with van der Waals surface area (Å²) in [4.78, 5) is 14.8. The number of fused-ring (bicyclic) bond motifs is 2. The van der Waals surface area contributed by atoms with Crippen molar-refractivity contribution in [1.29, 1.82) is 0 Å². The number of carbonyl (C=O) groups excluding carboxylic acids is 1. The van der Waals surface area contributed by atoms with E-state index in [0.29, 0.717) is 12.1 Å². The molecule has 2 heterocycles. The smallest absolute Gasteiger partial charge is 0.194 e. The van der Waals surface area contributed by atoms with Crippen molar-refractivity contribution in [3.8, 4) is 0 Å². The van der Waals surface area contributed by atoms with Crippen LogP contribution >= 0.6 is 0 Å². The van der Waals surface area contributed by atoms with Gasteiger partial charge in [0.2, 0.25) is 0 Å². The average Bonchev–Trinajstić information content (AvgIpc) is 2.47. The number of piperidine rings is 2. The normalized spacial score (nSPS) is 28.6. The molecule has 3 rings (SSSR count). The molecule has 0 N–H and O–H groups in total. The molecule has 0 aromatic heterocycles. The van der Waals surface area contributed by atoms with Crippen molar-refractivity contribution in [3.05, 3.63) is 35.1 Å². The maximum absolute atomic E-state index is 13.7. The van der Waals surface area contributed by atoms with Gasteiger partial charge in [0, 0.05) is 24.4 Å². The highest BCUT2D eigenvalue weighted by Crippen LogP contribution is 2.36. The van der Waals surface area contributed by atoms with Gasteiger partial charge in [0.05, 0.1) is 0 Å². The summed E-state index contributed by atoms with van der Waals surface area (Å²) in [6, 6.07) is 2.87. The molecule has 0 aliphatic carbocycles. The minimum atomic E-state index is -1.49. The lowest BCUT2D eigenvalue weighted by Crippen LogP contribution is -2.51. The number of benzene rings is 1. The van der Waals surface area contributed by atoms with E-state index in [9.17, 15) is 18.0 Å². The largest absolute Gasteiger partial charge is 0.300 e. The van der Waals surface area contributed by atoms with Gasteiger partial charge in [-0.05, 0) is 44.4 Å². The Bertz CT molecular complexity index is 576.